The van der Waals surface area contributed by atoms with Crippen molar-refractivity contribution in [2.75, 3.05) is 19.6 Å². The topological polar surface area (TPSA) is 95.7 Å². The number of rotatable bonds is 4. The molecule has 15 heavy (non-hydrogen) atoms. The normalized spacial score (nSPS) is 20.3. The number of hydrogen-bond acceptors (Lipinski definition) is 3. The molecule has 1 aliphatic rings. The molecule has 2 amide bonds. The van der Waals surface area contributed by atoms with E-state index in [-0.39, 0.29) is 6.03 Å². The monoisotopic (exact) mass is 215 g/mol. The molecule has 1 fully saturated rings. The molecule has 1 saturated heterocycles. The average Bonchev–Trinajstić information content (AvgIpc) is 2.66. The van der Waals surface area contributed by atoms with Crippen molar-refractivity contribution < 1.29 is 14.7 Å². The first-order valence-corrected chi connectivity index (χ1v) is 5.14. The van der Waals surface area contributed by atoms with Crippen LogP contribution in [0.3, 0.4) is 0 Å². The van der Waals surface area contributed by atoms with E-state index in [0.717, 1.165) is 6.42 Å². The van der Waals surface area contributed by atoms with Gasteiger partial charge in [-0.25, -0.2) is 9.59 Å². The Hall–Kier alpha value is -1.30. The Morgan fingerprint density at radius 1 is 1.53 bits per heavy atom. The minimum absolute atomic E-state index is 0.298. The lowest BCUT2D eigenvalue weighted by atomic mass is 10.2. The fourth-order valence-electron chi connectivity index (χ4n) is 1.67. The van der Waals surface area contributed by atoms with E-state index in [4.69, 9.17) is 10.8 Å². The molecule has 0 aromatic carbocycles. The molecular formula is C9H17N3O3. The van der Waals surface area contributed by atoms with Crippen LogP contribution in [0.4, 0.5) is 4.79 Å². The third-order valence-electron chi connectivity index (χ3n) is 2.46. The summed E-state index contributed by atoms with van der Waals surface area (Å²) in [6.45, 7) is 1.53. The van der Waals surface area contributed by atoms with Gasteiger partial charge in [0, 0.05) is 13.1 Å². The Morgan fingerprint density at radius 2 is 2.27 bits per heavy atom. The molecule has 0 bridgehead atoms. The van der Waals surface area contributed by atoms with Crippen LogP contribution in [0.5, 0.6) is 0 Å². The summed E-state index contributed by atoms with van der Waals surface area (Å²) in [5.41, 5.74) is 5.28. The number of urea groups is 1. The number of amides is 2. The Bertz CT molecular complexity index is 245. The fraction of sp³-hybridized carbons (Fsp3) is 0.778. The van der Waals surface area contributed by atoms with Gasteiger partial charge in [0.1, 0.15) is 6.04 Å². The molecule has 0 radical (unpaired) electrons. The molecule has 1 heterocycles. The highest BCUT2D eigenvalue weighted by Crippen LogP contribution is 2.16. The van der Waals surface area contributed by atoms with E-state index in [9.17, 15) is 9.59 Å². The van der Waals surface area contributed by atoms with Crippen LogP contribution in [0.2, 0.25) is 0 Å². The van der Waals surface area contributed by atoms with Crippen LogP contribution in [0.1, 0.15) is 19.3 Å². The summed E-state index contributed by atoms with van der Waals surface area (Å²) >= 11 is 0. The highest BCUT2D eigenvalue weighted by Gasteiger charge is 2.33. The maximum Gasteiger partial charge on any atom is 0.326 e. The number of nitrogens with two attached hydrogens (primary N) is 1. The van der Waals surface area contributed by atoms with Gasteiger partial charge in [0.25, 0.3) is 0 Å². The highest BCUT2D eigenvalue weighted by atomic mass is 16.4. The lowest BCUT2D eigenvalue weighted by Crippen LogP contribution is -2.46. The Balaban J connectivity index is 2.40. The van der Waals surface area contributed by atoms with E-state index in [0.29, 0.717) is 32.5 Å². The number of carboxylic acids is 1. The van der Waals surface area contributed by atoms with Crippen LogP contribution in [0, 0.1) is 0 Å². The van der Waals surface area contributed by atoms with Crippen molar-refractivity contribution >= 4 is 12.0 Å². The molecule has 86 valence electrons. The molecular weight excluding hydrogens is 198 g/mol. The van der Waals surface area contributed by atoms with Crippen LogP contribution < -0.4 is 11.1 Å². The summed E-state index contributed by atoms with van der Waals surface area (Å²) in [6.07, 6.45) is 2.00. The van der Waals surface area contributed by atoms with E-state index in [1.807, 2.05) is 0 Å². The van der Waals surface area contributed by atoms with Gasteiger partial charge < -0.3 is 21.1 Å². The summed E-state index contributed by atoms with van der Waals surface area (Å²) in [4.78, 5) is 23.7. The average molecular weight is 215 g/mol. The predicted molar refractivity (Wildman–Crippen MR) is 54.4 cm³/mol. The number of carboxylic acid groups (broad SMARTS) is 1. The van der Waals surface area contributed by atoms with E-state index in [1.54, 1.807) is 0 Å². The third kappa shape index (κ3) is 3.09. The standard InChI is InChI=1S/C9H17N3O3/c10-4-2-5-11-9(15)12-6-1-3-7(12)8(13)14/h7H,1-6,10H2,(H,11,15)(H,13,14). The Labute approximate surface area is 88.4 Å². The summed E-state index contributed by atoms with van der Waals surface area (Å²) in [6, 6.07) is -0.962. The third-order valence-corrected chi connectivity index (χ3v) is 2.46. The largest absolute Gasteiger partial charge is 0.480 e. The molecule has 1 atom stereocenters. The number of carbonyl (C=O) groups excluding carboxylic acids is 1. The molecule has 1 unspecified atom stereocenters. The van der Waals surface area contributed by atoms with Gasteiger partial charge in [0.15, 0.2) is 0 Å². The van der Waals surface area contributed by atoms with Crippen molar-refractivity contribution in [1.29, 1.82) is 0 Å². The SMILES string of the molecule is NCCCNC(=O)N1CCCC1C(=O)O. The summed E-state index contributed by atoms with van der Waals surface area (Å²) in [5.74, 6) is -0.929. The van der Waals surface area contributed by atoms with Gasteiger partial charge in [-0.05, 0) is 25.8 Å². The molecule has 0 saturated carbocycles. The second kappa shape index (κ2) is 5.55. The number of carbonyl (C=O) groups is 2. The van der Waals surface area contributed by atoms with E-state index in [2.05, 4.69) is 5.32 Å². The molecule has 6 heteroatoms. The van der Waals surface area contributed by atoms with Crippen LogP contribution in [0.25, 0.3) is 0 Å². The summed E-state index contributed by atoms with van der Waals surface area (Å²) in [5, 5.41) is 11.5. The minimum atomic E-state index is -0.929. The lowest BCUT2D eigenvalue weighted by molar-refractivity contribution is -0.141. The van der Waals surface area contributed by atoms with Crippen molar-refractivity contribution in [2.24, 2.45) is 5.73 Å². The molecule has 1 aliphatic heterocycles. The quantitative estimate of drug-likeness (QED) is 0.556. The van der Waals surface area contributed by atoms with Crippen LogP contribution in [-0.4, -0.2) is 47.7 Å². The van der Waals surface area contributed by atoms with Gasteiger partial charge in [0.05, 0.1) is 0 Å². The highest BCUT2D eigenvalue weighted by molar-refractivity contribution is 5.83. The van der Waals surface area contributed by atoms with E-state index < -0.39 is 12.0 Å². The first-order chi connectivity index (χ1) is 7.16. The number of hydrogen-bond donors (Lipinski definition) is 3. The zero-order valence-electron chi connectivity index (χ0n) is 8.61. The van der Waals surface area contributed by atoms with Gasteiger partial charge >= 0.3 is 12.0 Å². The Kier molecular flexibility index (Phi) is 4.36. The van der Waals surface area contributed by atoms with Gasteiger partial charge in [-0.3, -0.25) is 0 Å². The number of nitrogens with zero attached hydrogens (tertiary/aromatic N) is 1. The number of likely N-dealkylation sites (tertiary alicyclic amines) is 1. The summed E-state index contributed by atoms with van der Waals surface area (Å²) < 4.78 is 0. The zero-order valence-corrected chi connectivity index (χ0v) is 8.61. The van der Waals surface area contributed by atoms with Gasteiger partial charge in [-0.15, -0.1) is 0 Å². The number of nitrogens with one attached hydrogen (secondary N) is 1. The zero-order chi connectivity index (χ0) is 11.3. The second-order valence-electron chi connectivity index (χ2n) is 3.56. The molecule has 4 N–H and O–H groups in total. The summed E-state index contributed by atoms with van der Waals surface area (Å²) in [7, 11) is 0. The fourth-order valence-corrected chi connectivity index (χ4v) is 1.67. The number of aliphatic carboxylic acids is 1. The van der Waals surface area contributed by atoms with Gasteiger partial charge in [0.2, 0.25) is 0 Å². The first kappa shape index (κ1) is 11.8. The maximum atomic E-state index is 11.5. The van der Waals surface area contributed by atoms with Crippen LogP contribution >= 0.6 is 0 Å². The predicted octanol–water partition coefficient (Wildman–Crippen LogP) is -0.406. The van der Waals surface area contributed by atoms with Gasteiger partial charge in [-0.2, -0.15) is 0 Å². The molecule has 0 aliphatic carbocycles. The minimum Gasteiger partial charge on any atom is -0.480 e. The maximum absolute atomic E-state index is 11.5. The molecule has 0 aromatic rings. The molecule has 1 rings (SSSR count). The van der Waals surface area contributed by atoms with E-state index >= 15 is 0 Å². The molecule has 0 spiro atoms. The molecule has 0 aromatic heterocycles. The van der Waals surface area contributed by atoms with Crippen molar-refractivity contribution in [3.05, 3.63) is 0 Å². The van der Waals surface area contributed by atoms with Crippen molar-refractivity contribution in [1.82, 2.24) is 10.2 Å². The van der Waals surface area contributed by atoms with Crippen molar-refractivity contribution in [3.8, 4) is 0 Å². The van der Waals surface area contributed by atoms with Gasteiger partial charge in [-0.1, -0.05) is 0 Å². The lowest BCUT2D eigenvalue weighted by Gasteiger charge is -2.21. The molecule has 6 nitrogen and oxygen atoms in total. The smallest absolute Gasteiger partial charge is 0.326 e. The van der Waals surface area contributed by atoms with Crippen molar-refractivity contribution in [2.45, 2.75) is 25.3 Å². The van der Waals surface area contributed by atoms with Crippen molar-refractivity contribution in [3.63, 3.8) is 0 Å². The van der Waals surface area contributed by atoms with Crippen LogP contribution in [0.15, 0.2) is 0 Å². The Morgan fingerprint density at radius 3 is 2.87 bits per heavy atom. The first-order valence-electron chi connectivity index (χ1n) is 5.14. The second-order valence-corrected chi connectivity index (χ2v) is 3.56. The van der Waals surface area contributed by atoms with Crippen LogP contribution in [-0.2, 0) is 4.79 Å². The van der Waals surface area contributed by atoms with E-state index in [1.165, 1.54) is 4.90 Å².